The topological polar surface area (TPSA) is 78.9 Å². The lowest BCUT2D eigenvalue weighted by atomic mass is 9.47. The molecule has 1 spiro atoms. The Bertz CT molecular complexity index is 1300. The smallest absolute Gasteiger partial charge is 0.244 e. The van der Waals surface area contributed by atoms with Crippen molar-refractivity contribution in [3.63, 3.8) is 0 Å². The lowest BCUT2D eigenvalue weighted by molar-refractivity contribution is -0.148. The molecule has 1 amide bonds. The van der Waals surface area contributed by atoms with Gasteiger partial charge in [-0.2, -0.15) is 0 Å². The Balaban J connectivity index is 1.33. The SMILES string of the molecule is O=C(/C=C/c1ccc(Cl)cc1)N[C@@]12CCC(=O)[C@@H]3Oc4c(O)ccc5c4[C@@]31CCN(CC1CC1)C2C5. The van der Waals surface area contributed by atoms with Gasteiger partial charge < -0.3 is 15.2 Å². The van der Waals surface area contributed by atoms with Crippen molar-refractivity contribution < 1.29 is 19.4 Å². The van der Waals surface area contributed by atoms with E-state index in [0.717, 1.165) is 42.6 Å². The summed E-state index contributed by atoms with van der Waals surface area (Å²) in [6.45, 7) is 1.89. The first-order chi connectivity index (χ1) is 17.4. The Labute approximate surface area is 215 Å². The van der Waals surface area contributed by atoms with E-state index >= 15 is 0 Å². The van der Waals surface area contributed by atoms with Crippen LogP contribution in [-0.4, -0.2) is 52.5 Å². The molecule has 2 aliphatic heterocycles. The molecule has 36 heavy (non-hydrogen) atoms. The Morgan fingerprint density at radius 2 is 2.00 bits per heavy atom. The number of halogens is 1. The maximum Gasteiger partial charge on any atom is 0.244 e. The minimum atomic E-state index is -0.681. The van der Waals surface area contributed by atoms with E-state index in [9.17, 15) is 14.7 Å². The van der Waals surface area contributed by atoms with Crippen molar-refractivity contribution >= 4 is 29.4 Å². The van der Waals surface area contributed by atoms with Gasteiger partial charge in [-0.25, -0.2) is 0 Å². The molecule has 1 unspecified atom stereocenters. The highest BCUT2D eigenvalue weighted by atomic mass is 35.5. The summed E-state index contributed by atoms with van der Waals surface area (Å²) in [4.78, 5) is 29.4. The van der Waals surface area contributed by atoms with Gasteiger partial charge in [-0.1, -0.05) is 29.8 Å². The third-order valence-electron chi connectivity index (χ3n) is 9.26. The lowest BCUT2D eigenvalue weighted by Crippen LogP contribution is -2.81. The lowest BCUT2D eigenvalue weighted by Gasteiger charge is -2.65. The van der Waals surface area contributed by atoms with Crippen LogP contribution in [0.2, 0.25) is 5.02 Å². The minimum Gasteiger partial charge on any atom is -0.504 e. The molecule has 6 nitrogen and oxygen atoms in total. The third kappa shape index (κ3) is 3.07. The first-order valence-corrected chi connectivity index (χ1v) is 13.3. The van der Waals surface area contributed by atoms with E-state index in [4.69, 9.17) is 16.3 Å². The van der Waals surface area contributed by atoms with Crippen LogP contribution in [0, 0.1) is 5.92 Å². The van der Waals surface area contributed by atoms with Crippen molar-refractivity contribution in [2.24, 2.45) is 5.92 Å². The number of likely N-dealkylation sites (tertiary alicyclic amines) is 1. The van der Waals surface area contributed by atoms with Crippen LogP contribution >= 0.6 is 11.6 Å². The number of ketones is 1. The number of ether oxygens (including phenoxy) is 1. The number of piperidine rings is 1. The zero-order valence-corrected chi connectivity index (χ0v) is 20.8. The number of carbonyl (C=O) groups excluding carboxylic acids is 2. The molecule has 0 aromatic heterocycles. The van der Waals surface area contributed by atoms with Gasteiger partial charge in [0.1, 0.15) is 0 Å². The molecule has 2 N–H and O–H groups in total. The average molecular weight is 505 g/mol. The van der Waals surface area contributed by atoms with E-state index in [1.807, 2.05) is 18.2 Å². The normalized spacial score (nSPS) is 32.3. The highest BCUT2D eigenvalue weighted by Crippen LogP contribution is 2.65. The van der Waals surface area contributed by atoms with Crippen LogP contribution in [-0.2, 0) is 21.4 Å². The number of carbonyl (C=O) groups is 2. The molecular weight excluding hydrogens is 476 g/mol. The highest BCUT2D eigenvalue weighted by molar-refractivity contribution is 6.30. The maximum absolute atomic E-state index is 13.5. The van der Waals surface area contributed by atoms with Crippen LogP contribution in [0.1, 0.15) is 48.8 Å². The number of phenols is 1. The zero-order valence-electron chi connectivity index (χ0n) is 20.0. The van der Waals surface area contributed by atoms with Crippen molar-refractivity contribution in [2.75, 3.05) is 13.1 Å². The zero-order chi connectivity index (χ0) is 24.7. The number of rotatable bonds is 5. The average Bonchev–Trinajstić information content (AvgIpc) is 3.61. The predicted octanol–water partition coefficient (Wildman–Crippen LogP) is 4.02. The van der Waals surface area contributed by atoms with Gasteiger partial charge in [0.2, 0.25) is 5.91 Å². The maximum atomic E-state index is 13.5. The molecule has 2 heterocycles. The molecule has 1 saturated heterocycles. The van der Waals surface area contributed by atoms with Gasteiger partial charge in [0, 0.05) is 35.7 Å². The Hall–Kier alpha value is -2.83. The first-order valence-electron chi connectivity index (χ1n) is 13.0. The van der Waals surface area contributed by atoms with Crippen LogP contribution < -0.4 is 10.1 Å². The fraction of sp³-hybridized carbons (Fsp3) is 0.448. The second-order valence-corrected chi connectivity index (χ2v) is 11.6. The minimum absolute atomic E-state index is 0.0643. The summed E-state index contributed by atoms with van der Waals surface area (Å²) < 4.78 is 6.30. The Morgan fingerprint density at radius 3 is 2.78 bits per heavy atom. The van der Waals surface area contributed by atoms with Crippen LogP contribution in [0.3, 0.4) is 0 Å². The summed E-state index contributed by atoms with van der Waals surface area (Å²) >= 11 is 6.00. The summed E-state index contributed by atoms with van der Waals surface area (Å²) in [6, 6.07) is 11.1. The van der Waals surface area contributed by atoms with E-state index < -0.39 is 17.1 Å². The van der Waals surface area contributed by atoms with Crippen molar-refractivity contribution in [2.45, 2.75) is 61.6 Å². The van der Waals surface area contributed by atoms with Crippen LogP contribution in [0.5, 0.6) is 11.5 Å². The second-order valence-electron chi connectivity index (χ2n) is 11.1. The largest absolute Gasteiger partial charge is 0.504 e. The van der Waals surface area contributed by atoms with Crippen LogP contribution in [0.25, 0.3) is 6.08 Å². The summed E-state index contributed by atoms with van der Waals surface area (Å²) in [7, 11) is 0. The van der Waals surface area contributed by atoms with Crippen molar-refractivity contribution in [1.29, 1.82) is 0 Å². The fourth-order valence-corrected chi connectivity index (χ4v) is 7.70. The fourth-order valence-electron chi connectivity index (χ4n) is 7.57. The van der Waals surface area contributed by atoms with E-state index in [2.05, 4.69) is 10.2 Å². The van der Waals surface area contributed by atoms with E-state index in [-0.39, 0.29) is 23.5 Å². The summed E-state index contributed by atoms with van der Waals surface area (Å²) in [6.07, 6.45) is 7.63. The number of Topliss-reactive ketones (excluding diaryl/α,β-unsaturated/α-hetero) is 1. The van der Waals surface area contributed by atoms with Gasteiger partial charge in [-0.3, -0.25) is 14.5 Å². The molecule has 2 aromatic rings. The Morgan fingerprint density at radius 1 is 1.19 bits per heavy atom. The molecule has 2 saturated carbocycles. The number of nitrogens with one attached hydrogen (secondary N) is 1. The first kappa shape index (κ1) is 22.4. The molecule has 7 heteroatoms. The summed E-state index contributed by atoms with van der Waals surface area (Å²) in [5.74, 6) is 1.13. The molecule has 2 aromatic carbocycles. The molecule has 186 valence electrons. The predicted molar refractivity (Wildman–Crippen MR) is 136 cm³/mol. The van der Waals surface area contributed by atoms with Gasteiger partial charge in [0.15, 0.2) is 23.4 Å². The molecule has 2 bridgehead atoms. The molecule has 0 radical (unpaired) electrons. The molecule has 5 aliphatic rings. The third-order valence-corrected chi connectivity index (χ3v) is 9.51. The number of nitrogens with zero attached hydrogens (tertiary/aromatic N) is 1. The van der Waals surface area contributed by atoms with Crippen LogP contribution in [0.4, 0.5) is 0 Å². The number of phenolic OH excluding ortho intramolecular Hbond substituents is 1. The van der Waals surface area contributed by atoms with Crippen molar-refractivity contribution in [3.05, 3.63) is 64.2 Å². The monoisotopic (exact) mass is 504 g/mol. The number of hydrogen-bond acceptors (Lipinski definition) is 5. The number of aromatic hydroxyl groups is 1. The summed E-state index contributed by atoms with van der Waals surface area (Å²) in [5.41, 5.74) is 1.66. The van der Waals surface area contributed by atoms with Gasteiger partial charge >= 0.3 is 0 Å². The van der Waals surface area contributed by atoms with Crippen molar-refractivity contribution in [3.8, 4) is 11.5 Å². The highest BCUT2D eigenvalue weighted by Gasteiger charge is 2.73. The second kappa shape index (κ2) is 7.83. The van der Waals surface area contributed by atoms with E-state index in [0.29, 0.717) is 29.5 Å². The number of hydrogen-bond donors (Lipinski definition) is 2. The van der Waals surface area contributed by atoms with Crippen molar-refractivity contribution in [1.82, 2.24) is 10.2 Å². The quantitative estimate of drug-likeness (QED) is 0.601. The van der Waals surface area contributed by atoms with Gasteiger partial charge in [0.25, 0.3) is 0 Å². The van der Waals surface area contributed by atoms with Gasteiger partial charge in [0.05, 0.1) is 11.0 Å². The molecule has 4 atom stereocenters. The van der Waals surface area contributed by atoms with Crippen LogP contribution in [0.15, 0.2) is 42.5 Å². The van der Waals surface area contributed by atoms with E-state index in [1.54, 1.807) is 30.4 Å². The van der Waals surface area contributed by atoms with Gasteiger partial charge in [-0.05, 0) is 80.0 Å². The Kier molecular flexibility index (Phi) is 4.87. The standard InChI is InChI=1S/C29H29ClN2O4/c30-20-7-3-17(4-8-20)5-10-24(35)31-29-12-11-22(34)27-28(29)13-14-32(16-18-1-2-18)23(29)15-19-6-9-21(33)26(36-27)25(19)28/h3-10,18,23,27,33H,1-2,11-16H2,(H,31,35)/b10-5+/t23?,27-,28-,29+/m0/s1. The summed E-state index contributed by atoms with van der Waals surface area (Å²) in [5, 5.41) is 14.8. The number of benzene rings is 2. The molecule has 3 aliphatic carbocycles. The van der Waals surface area contributed by atoms with Gasteiger partial charge in [-0.15, -0.1) is 0 Å². The number of amides is 1. The van der Waals surface area contributed by atoms with E-state index in [1.165, 1.54) is 12.8 Å². The molecule has 3 fully saturated rings. The molecular formula is C29H29ClN2O4. The molecule has 7 rings (SSSR count).